The van der Waals surface area contributed by atoms with Gasteiger partial charge in [0.05, 0.1) is 6.61 Å². The van der Waals surface area contributed by atoms with Gasteiger partial charge in [0, 0.05) is 6.42 Å². The monoisotopic (exact) mass is 244 g/mol. The van der Waals surface area contributed by atoms with Crippen LogP contribution < -0.4 is 0 Å². The highest BCUT2D eigenvalue weighted by molar-refractivity contribution is 9.10. The van der Waals surface area contributed by atoms with Crippen molar-refractivity contribution >= 4 is 31.9 Å². The van der Waals surface area contributed by atoms with Crippen LogP contribution in [0.4, 0.5) is 0 Å². The summed E-state index contributed by atoms with van der Waals surface area (Å²) in [5.41, 5.74) is 0. The Labute approximate surface area is 64.8 Å². The van der Waals surface area contributed by atoms with Crippen molar-refractivity contribution in [2.45, 2.75) is 16.6 Å². The molecule has 1 saturated heterocycles. The minimum atomic E-state index is -0.222. The first-order valence-corrected chi connectivity index (χ1v) is 4.17. The highest BCUT2D eigenvalue weighted by Crippen LogP contribution is 2.19. The molecule has 48 valence electrons. The van der Waals surface area contributed by atoms with Gasteiger partial charge in [0.2, 0.25) is 5.20 Å². The lowest BCUT2D eigenvalue weighted by Gasteiger charge is -2.22. The molecule has 1 aliphatic rings. The lowest BCUT2D eigenvalue weighted by molar-refractivity contribution is -0.128. The van der Waals surface area contributed by atoms with Crippen LogP contribution in [0.15, 0.2) is 0 Å². The van der Waals surface area contributed by atoms with Crippen molar-refractivity contribution < 1.29 is 9.47 Å². The normalized spacial score (nSPS) is 39.8. The first-order valence-electron chi connectivity index (χ1n) is 2.34. The Morgan fingerprint density at radius 3 is 2.50 bits per heavy atom. The standard InChI is InChI=1S/C4H6Br2O2/c5-3-1-2-7-4(6)8-3/h3-4H,1-2H2. The van der Waals surface area contributed by atoms with Gasteiger partial charge >= 0.3 is 0 Å². The van der Waals surface area contributed by atoms with Crippen LogP contribution in [0.2, 0.25) is 0 Å². The summed E-state index contributed by atoms with van der Waals surface area (Å²) in [6, 6.07) is 0. The van der Waals surface area contributed by atoms with E-state index in [2.05, 4.69) is 31.9 Å². The van der Waals surface area contributed by atoms with Gasteiger partial charge in [-0.2, -0.15) is 0 Å². The fraction of sp³-hybridized carbons (Fsp3) is 1.00. The number of halogens is 2. The predicted molar refractivity (Wildman–Crippen MR) is 37.1 cm³/mol. The van der Waals surface area contributed by atoms with E-state index in [1.165, 1.54) is 0 Å². The van der Waals surface area contributed by atoms with Crippen LogP contribution in [0.5, 0.6) is 0 Å². The number of rotatable bonds is 0. The summed E-state index contributed by atoms with van der Waals surface area (Å²) < 4.78 is 10.1. The molecule has 0 bridgehead atoms. The second-order valence-corrected chi connectivity index (χ2v) is 3.25. The highest BCUT2D eigenvalue weighted by atomic mass is 79.9. The van der Waals surface area contributed by atoms with E-state index in [-0.39, 0.29) is 10.2 Å². The van der Waals surface area contributed by atoms with Crippen LogP contribution >= 0.6 is 31.9 Å². The van der Waals surface area contributed by atoms with Crippen molar-refractivity contribution in [3.05, 3.63) is 0 Å². The molecule has 2 atom stereocenters. The Morgan fingerprint density at radius 1 is 1.38 bits per heavy atom. The van der Waals surface area contributed by atoms with Crippen LogP contribution in [-0.2, 0) is 9.47 Å². The van der Waals surface area contributed by atoms with Gasteiger partial charge in [0.1, 0.15) is 5.01 Å². The van der Waals surface area contributed by atoms with E-state index in [1.54, 1.807) is 0 Å². The van der Waals surface area contributed by atoms with E-state index in [0.29, 0.717) is 0 Å². The summed E-state index contributed by atoms with van der Waals surface area (Å²) in [6.07, 6.45) is 0.919. The third kappa shape index (κ3) is 2.01. The van der Waals surface area contributed by atoms with Gasteiger partial charge in [0.15, 0.2) is 0 Å². The molecule has 0 aliphatic carbocycles. The fourth-order valence-corrected chi connectivity index (χ4v) is 1.60. The Morgan fingerprint density at radius 2 is 2.12 bits per heavy atom. The number of ether oxygens (including phenoxy) is 2. The summed E-state index contributed by atoms with van der Waals surface area (Å²) in [4.78, 5) is 0. The number of alkyl halides is 2. The molecule has 0 aromatic heterocycles. The Bertz CT molecular complexity index is 70.4. The molecule has 0 N–H and O–H groups in total. The first-order chi connectivity index (χ1) is 3.79. The highest BCUT2D eigenvalue weighted by Gasteiger charge is 2.16. The van der Waals surface area contributed by atoms with Crippen LogP contribution in [0.3, 0.4) is 0 Å². The van der Waals surface area contributed by atoms with Crippen LogP contribution in [0.25, 0.3) is 0 Å². The zero-order valence-electron chi connectivity index (χ0n) is 4.14. The molecule has 0 radical (unpaired) electrons. The van der Waals surface area contributed by atoms with Gasteiger partial charge in [-0.3, -0.25) is 0 Å². The summed E-state index contributed by atoms with van der Waals surface area (Å²) >= 11 is 6.45. The molecular weight excluding hydrogens is 240 g/mol. The SMILES string of the molecule is BrC1CCOC(Br)O1. The predicted octanol–water partition coefficient (Wildman–Crippen LogP) is 1.82. The second kappa shape index (κ2) is 3.15. The minimum Gasteiger partial charge on any atom is -0.343 e. The molecule has 2 nitrogen and oxygen atoms in total. The van der Waals surface area contributed by atoms with Crippen molar-refractivity contribution in [2.24, 2.45) is 0 Å². The molecule has 2 unspecified atom stereocenters. The molecule has 1 aliphatic heterocycles. The quantitative estimate of drug-likeness (QED) is 0.607. The van der Waals surface area contributed by atoms with Crippen LogP contribution in [-0.4, -0.2) is 16.8 Å². The van der Waals surface area contributed by atoms with Gasteiger partial charge < -0.3 is 9.47 Å². The van der Waals surface area contributed by atoms with Crippen molar-refractivity contribution in [3.8, 4) is 0 Å². The fourth-order valence-electron chi connectivity index (χ4n) is 0.477. The zero-order valence-corrected chi connectivity index (χ0v) is 7.31. The molecule has 0 aromatic rings. The maximum absolute atomic E-state index is 5.10. The molecular formula is C4H6Br2O2. The van der Waals surface area contributed by atoms with Crippen LogP contribution in [0, 0.1) is 0 Å². The van der Waals surface area contributed by atoms with Crippen molar-refractivity contribution in [1.82, 2.24) is 0 Å². The van der Waals surface area contributed by atoms with E-state index in [1.807, 2.05) is 0 Å². The lowest BCUT2D eigenvalue weighted by Crippen LogP contribution is -2.23. The molecule has 0 saturated carbocycles. The van der Waals surface area contributed by atoms with Crippen molar-refractivity contribution in [3.63, 3.8) is 0 Å². The van der Waals surface area contributed by atoms with Crippen molar-refractivity contribution in [2.75, 3.05) is 6.61 Å². The molecule has 1 fully saturated rings. The lowest BCUT2D eigenvalue weighted by atomic mass is 10.5. The number of hydrogen-bond acceptors (Lipinski definition) is 2. The van der Waals surface area contributed by atoms with E-state index < -0.39 is 0 Å². The average molecular weight is 246 g/mol. The Kier molecular flexibility index (Phi) is 2.75. The van der Waals surface area contributed by atoms with E-state index in [9.17, 15) is 0 Å². The maximum atomic E-state index is 5.10. The molecule has 0 amide bonds. The smallest absolute Gasteiger partial charge is 0.216 e. The third-order valence-corrected chi connectivity index (χ3v) is 2.00. The molecule has 1 rings (SSSR count). The van der Waals surface area contributed by atoms with E-state index >= 15 is 0 Å². The maximum Gasteiger partial charge on any atom is 0.216 e. The summed E-state index contributed by atoms with van der Waals surface area (Å²) in [5.74, 6) is 0. The van der Waals surface area contributed by atoms with Gasteiger partial charge in [0.25, 0.3) is 0 Å². The van der Waals surface area contributed by atoms with Crippen molar-refractivity contribution in [1.29, 1.82) is 0 Å². The minimum absolute atomic E-state index is 0.153. The topological polar surface area (TPSA) is 18.5 Å². The molecule has 0 spiro atoms. The van der Waals surface area contributed by atoms with Crippen LogP contribution in [0.1, 0.15) is 6.42 Å². The summed E-state index contributed by atoms with van der Waals surface area (Å²) in [6.45, 7) is 0.756. The molecule has 8 heavy (non-hydrogen) atoms. The molecule has 0 aromatic carbocycles. The molecule has 4 heteroatoms. The Hall–Kier alpha value is 0.880. The van der Waals surface area contributed by atoms with Gasteiger partial charge in [-0.25, -0.2) is 0 Å². The third-order valence-electron chi connectivity index (χ3n) is 0.848. The number of hydrogen-bond donors (Lipinski definition) is 0. The van der Waals surface area contributed by atoms with Gasteiger partial charge in [-0.05, 0) is 15.9 Å². The van der Waals surface area contributed by atoms with Gasteiger partial charge in [-0.1, -0.05) is 15.9 Å². The van der Waals surface area contributed by atoms with E-state index in [0.717, 1.165) is 13.0 Å². The summed E-state index contributed by atoms with van der Waals surface area (Å²) in [5, 5.41) is -0.0683. The van der Waals surface area contributed by atoms with Gasteiger partial charge in [-0.15, -0.1) is 0 Å². The largest absolute Gasteiger partial charge is 0.343 e. The average Bonchev–Trinajstić information content (AvgIpc) is 1.64. The summed E-state index contributed by atoms with van der Waals surface area (Å²) in [7, 11) is 0. The molecule has 1 heterocycles. The Balaban J connectivity index is 2.23. The van der Waals surface area contributed by atoms with E-state index in [4.69, 9.17) is 9.47 Å². The zero-order chi connectivity index (χ0) is 5.98. The first kappa shape index (κ1) is 6.99. The second-order valence-electron chi connectivity index (χ2n) is 1.48.